The molecule has 3 heteroatoms. The summed E-state index contributed by atoms with van der Waals surface area (Å²) in [5.41, 5.74) is 3.83. The van der Waals surface area contributed by atoms with E-state index in [2.05, 4.69) is 36.4 Å². The lowest BCUT2D eigenvalue weighted by Gasteiger charge is -2.20. The number of furan rings is 1. The topological polar surface area (TPSA) is 30.2 Å². The van der Waals surface area contributed by atoms with Crippen LogP contribution in [-0.4, -0.2) is 0 Å². The molecule has 0 unspecified atom stereocenters. The van der Waals surface area contributed by atoms with Gasteiger partial charge in [-0.05, 0) is 11.6 Å². The van der Waals surface area contributed by atoms with Crippen LogP contribution in [0.1, 0.15) is 0 Å². The van der Waals surface area contributed by atoms with Crippen LogP contribution >= 0.6 is 7.14 Å². The summed E-state index contributed by atoms with van der Waals surface area (Å²) in [5.74, 6) is 0. The Morgan fingerprint density at radius 3 is 1.70 bits per heavy atom. The first-order chi connectivity index (χ1) is 16.2. The lowest BCUT2D eigenvalue weighted by molar-refractivity contribution is 0.592. The van der Waals surface area contributed by atoms with Gasteiger partial charge in [-0.2, -0.15) is 0 Å². The van der Waals surface area contributed by atoms with Crippen LogP contribution in [0.2, 0.25) is 0 Å². The Morgan fingerprint density at radius 1 is 0.485 bits per heavy atom. The predicted octanol–water partition coefficient (Wildman–Crippen LogP) is 6.89. The first kappa shape index (κ1) is 19.8. The van der Waals surface area contributed by atoms with Crippen LogP contribution in [0, 0.1) is 0 Å². The van der Waals surface area contributed by atoms with Crippen LogP contribution in [-0.2, 0) is 4.57 Å². The van der Waals surface area contributed by atoms with Crippen molar-refractivity contribution in [1.29, 1.82) is 0 Å². The van der Waals surface area contributed by atoms with Crippen molar-refractivity contribution in [3.05, 3.63) is 127 Å². The summed E-state index contributed by atoms with van der Waals surface area (Å²) in [6.07, 6.45) is 0. The minimum Gasteiger partial charge on any atom is -0.455 e. The molecule has 2 nitrogen and oxygen atoms in total. The van der Waals surface area contributed by atoms with Crippen molar-refractivity contribution in [2.45, 2.75) is 0 Å². The molecule has 0 atom stereocenters. The number of rotatable bonds is 4. The van der Waals surface area contributed by atoms with Crippen molar-refractivity contribution in [3.8, 4) is 11.1 Å². The van der Waals surface area contributed by atoms with Gasteiger partial charge in [-0.15, -0.1) is 0 Å². The fourth-order valence-electron chi connectivity index (χ4n) is 4.55. The Bertz CT molecular complexity index is 1570. The molecule has 5 aromatic carbocycles. The van der Waals surface area contributed by atoms with Gasteiger partial charge >= 0.3 is 0 Å². The first-order valence-corrected chi connectivity index (χ1v) is 12.7. The molecule has 0 aliphatic carbocycles. The molecule has 0 aliphatic rings. The maximum Gasteiger partial charge on any atom is 0.171 e. The lowest BCUT2D eigenvalue weighted by Crippen LogP contribution is -2.24. The fourth-order valence-corrected chi connectivity index (χ4v) is 7.20. The fraction of sp³-hybridized carbons (Fsp3) is 0. The van der Waals surface area contributed by atoms with Crippen molar-refractivity contribution in [3.63, 3.8) is 0 Å². The Hall–Kier alpha value is -3.87. The minimum atomic E-state index is -2.98. The summed E-state index contributed by atoms with van der Waals surface area (Å²) >= 11 is 0. The van der Waals surface area contributed by atoms with Gasteiger partial charge in [0.05, 0.1) is 0 Å². The molecule has 6 aromatic rings. The van der Waals surface area contributed by atoms with Crippen molar-refractivity contribution < 1.29 is 8.98 Å². The molecule has 33 heavy (non-hydrogen) atoms. The zero-order valence-electron chi connectivity index (χ0n) is 17.9. The van der Waals surface area contributed by atoms with Crippen molar-refractivity contribution >= 4 is 45.0 Å². The monoisotopic (exact) mass is 444 g/mol. The van der Waals surface area contributed by atoms with Gasteiger partial charge in [0, 0.05) is 32.2 Å². The highest BCUT2D eigenvalue weighted by Gasteiger charge is 2.29. The average molecular weight is 444 g/mol. The lowest BCUT2D eigenvalue weighted by atomic mass is 10.0. The van der Waals surface area contributed by atoms with Gasteiger partial charge in [0.1, 0.15) is 11.2 Å². The van der Waals surface area contributed by atoms with Gasteiger partial charge in [-0.3, -0.25) is 0 Å². The smallest absolute Gasteiger partial charge is 0.171 e. The molecule has 1 aromatic heterocycles. The molecule has 0 saturated carbocycles. The molecule has 1 heterocycles. The van der Waals surface area contributed by atoms with Crippen LogP contribution in [0.3, 0.4) is 0 Å². The molecule has 0 fully saturated rings. The van der Waals surface area contributed by atoms with Crippen LogP contribution in [0.4, 0.5) is 0 Å². The Labute approximate surface area is 192 Å². The second-order valence-electron chi connectivity index (χ2n) is 8.11. The minimum absolute atomic E-state index is 0.820. The molecule has 0 radical (unpaired) electrons. The summed E-state index contributed by atoms with van der Waals surface area (Å²) in [7, 11) is -2.98. The Balaban J connectivity index is 1.50. The molecule has 0 spiro atoms. The van der Waals surface area contributed by atoms with Gasteiger partial charge < -0.3 is 8.98 Å². The van der Waals surface area contributed by atoms with Gasteiger partial charge in [-0.1, -0.05) is 121 Å². The number of fused-ring (bicyclic) bond motifs is 3. The highest BCUT2D eigenvalue weighted by Crippen LogP contribution is 2.43. The first-order valence-electron chi connectivity index (χ1n) is 11.0. The van der Waals surface area contributed by atoms with Crippen molar-refractivity contribution in [2.75, 3.05) is 0 Å². The predicted molar refractivity (Wildman–Crippen MR) is 139 cm³/mol. The normalized spacial score (nSPS) is 11.8. The van der Waals surface area contributed by atoms with E-state index in [4.69, 9.17) is 4.42 Å². The second-order valence-corrected chi connectivity index (χ2v) is 10.9. The van der Waals surface area contributed by atoms with E-state index in [0.29, 0.717) is 0 Å². The van der Waals surface area contributed by atoms with Crippen LogP contribution in [0.25, 0.3) is 33.1 Å². The molecular weight excluding hydrogens is 423 g/mol. The Morgan fingerprint density at radius 2 is 1.03 bits per heavy atom. The van der Waals surface area contributed by atoms with Gasteiger partial charge in [0.2, 0.25) is 0 Å². The van der Waals surface area contributed by atoms with E-state index < -0.39 is 7.14 Å². The molecule has 0 saturated heterocycles. The van der Waals surface area contributed by atoms with E-state index in [-0.39, 0.29) is 0 Å². The van der Waals surface area contributed by atoms with E-state index >= 15 is 0 Å². The molecular formula is C30H21O2P. The Kier molecular flexibility index (Phi) is 4.75. The van der Waals surface area contributed by atoms with E-state index in [9.17, 15) is 4.57 Å². The highest BCUT2D eigenvalue weighted by molar-refractivity contribution is 7.85. The average Bonchev–Trinajstić information content (AvgIpc) is 3.28. The van der Waals surface area contributed by atoms with Gasteiger partial charge in [0.15, 0.2) is 7.14 Å². The maximum absolute atomic E-state index is 14.6. The van der Waals surface area contributed by atoms with Gasteiger partial charge in [0.25, 0.3) is 0 Å². The molecule has 158 valence electrons. The molecule has 0 N–H and O–H groups in total. The number of para-hydroxylation sites is 2. The summed E-state index contributed by atoms with van der Waals surface area (Å²) in [5, 5.41) is 4.71. The third-order valence-corrected chi connectivity index (χ3v) is 9.26. The third kappa shape index (κ3) is 3.23. The largest absolute Gasteiger partial charge is 0.455 e. The summed E-state index contributed by atoms with van der Waals surface area (Å²) < 4.78 is 20.8. The zero-order chi connectivity index (χ0) is 22.3. The third-order valence-electron chi connectivity index (χ3n) is 6.19. The van der Waals surface area contributed by atoms with Crippen LogP contribution in [0.5, 0.6) is 0 Å². The standard InChI is InChI=1S/C30H21O2P/c31-33(23-10-3-1-4-11-23,24-12-5-2-6-13-24)25-20-18-22(19-21-25)26-15-9-16-28-27-14-7-8-17-29(27)32-30(26)28/h1-21H. The van der Waals surface area contributed by atoms with E-state index in [1.54, 1.807) is 0 Å². The number of hydrogen-bond donors (Lipinski definition) is 0. The van der Waals surface area contributed by atoms with E-state index in [1.165, 1.54) is 0 Å². The summed E-state index contributed by atoms with van der Waals surface area (Å²) in [4.78, 5) is 0. The maximum atomic E-state index is 14.6. The highest BCUT2D eigenvalue weighted by atomic mass is 31.2. The van der Waals surface area contributed by atoms with Crippen LogP contribution < -0.4 is 15.9 Å². The summed E-state index contributed by atoms with van der Waals surface area (Å²) in [6.45, 7) is 0. The van der Waals surface area contributed by atoms with Crippen molar-refractivity contribution in [2.24, 2.45) is 0 Å². The van der Waals surface area contributed by atoms with E-state index in [0.717, 1.165) is 49.0 Å². The van der Waals surface area contributed by atoms with Crippen molar-refractivity contribution in [1.82, 2.24) is 0 Å². The number of hydrogen-bond acceptors (Lipinski definition) is 2. The molecule has 0 amide bonds. The van der Waals surface area contributed by atoms with E-state index in [1.807, 2.05) is 91.0 Å². The van der Waals surface area contributed by atoms with Gasteiger partial charge in [-0.25, -0.2) is 0 Å². The molecule has 0 bridgehead atoms. The molecule has 0 aliphatic heterocycles. The molecule has 6 rings (SSSR count). The number of benzene rings is 5. The van der Waals surface area contributed by atoms with Crippen LogP contribution in [0.15, 0.2) is 132 Å². The summed E-state index contributed by atoms with van der Waals surface area (Å²) in [6, 6.07) is 42.0. The SMILES string of the molecule is O=P(c1ccccc1)(c1ccccc1)c1ccc(-c2cccc3c2oc2ccccc23)cc1. The zero-order valence-corrected chi connectivity index (χ0v) is 18.8. The second kappa shape index (κ2) is 7.92. The quantitative estimate of drug-likeness (QED) is 0.277.